The molecule has 0 unspecified atom stereocenters. The van der Waals surface area contributed by atoms with Crippen LogP contribution in [-0.4, -0.2) is 37.2 Å². The van der Waals surface area contributed by atoms with Gasteiger partial charge in [-0.15, -0.1) is 0 Å². The van der Waals surface area contributed by atoms with Crippen molar-refractivity contribution >= 4 is 17.3 Å². The number of phenols is 1. The summed E-state index contributed by atoms with van der Waals surface area (Å²) in [6.07, 6.45) is 0.0484. The molecule has 3 aromatic rings. The highest BCUT2D eigenvalue weighted by molar-refractivity contribution is 6.31. The van der Waals surface area contributed by atoms with E-state index in [-0.39, 0.29) is 11.8 Å². The number of hydrazone groups is 1. The molecule has 5 rings (SSSR count). The zero-order valence-electron chi connectivity index (χ0n) is 18.4. The molecule has 33 heavy (non-hydrogen) atoms. The van der Waals surface area contributed by atoms with Crippen LogP contribution in [0.4, 0.5) is 0 Å². The van der Waals surface area contributed by atoms with Gasteiger partial charge in [0.15, 0.2) is 11.5 Å². The van der Waals surface area contributed by atoms with Crippen LogP contribution in [0.25, 0.3) is 0 Å². The van der Waals surface area contributed by atoms with Crippen LogP contribution in [0.2, 0.25) is 5.02 Å². The van der Waals surface area contributed by atoms with Crippen LogP contribution in [0.3, 0.4) is 0 Å². The molecule has 2 aliphatic rings. The fraction of sp³-hybridized carbons (Fsp3) is 0.240. The highest BCUT2D eigenvalue weighted by Crippen LogP contribution is 2.50. The molecule has 8 heteroatoms. The van der Waals surface area contributed by atoms with Gasteiger partial charge in [0.05, 0.1) is 33.1 Å². The molecule has 0 bridgehead atoms. The molecule has 0 radical (unpaired) electrons. The number of methoxy groups -OCH3 is 3. The van der Waals surface area contributed by atoms with Gasteiger partial charge in [0.1, 0.15) is 11.5 Å². The lowest BCUT2D eigenvalue weighted by Crippen LogP contribution is -2.33. The molecule has 0 saturated carbocycles. The zero-order valence-corrected chi connectivity index (χ0v) is 19.2. The molecule has 1 N–H and O–H groups in total. The smallest absolute Gasteiger partial charge is 0.214 e. The molecule has 0 aliphatic carbocycles. The Labute approximate surface area is 196 Å². The van der Waals surface area contributed by atoms with Crippen molar-refractivity contribution < 1.29 is 24.1 Å². The molecule has 7 nitrogen and oxygen atoms in total. The van der Waals surface area contributed by atoms with E-state index in [0.717, 1.165) is 22.6 Å². The highest BCUT2D eigenvalue weighted by Gasteiger charge is 2.41. The Morgan fingerprint density at radius 1 is 1.00 bits per heavy atom. The van der Waals surface area contributed by atoms with Crippen LogP contribution in [-0.2, 0) is 0 Å². The van der Waals surface area contributed by atoms with Crippen molar-refractivity contribution in [2.24, 2.45) is 5.10 Å². The zero-order chi connectivity index (χ0) is 23.1. The molecule has 2 aliphatic heterocycles. The van der Waals surface area contributed by atoms with Crippen molar-refractivity contribution in [2.45, 2.75) is 18.7 Å². The van der Waals surface area contributed by atoms with Crippen LogP contribution >= 0.6 is 11.6 Å². The normalized spacial score (nSPS) is 18.7. The molecule has 0 amide bonds. The predicted molar refractivity (Wildman–Crippen MR) is 125 cm³/mol. The maximum absolute atomic E-state index is 10.5. The van der Waals surface area contributed by atoms with Gasteiger partial charge in [-0.3, -0.25) is 0 Å². The second-order valence-electron chi connectivity index (χ2n) is 7.77. The lowest BCUT2D eigenvalue weighted by Gasteiger charge is -2.38. The van der Waals surface area contributed by atoms with E-state index in [0.29, 0.717) is 34.3 Å². The molecule has 0 spiro atoms. The summed E-state index contributed by atoms with van der Waals surface area (Å²) in [5, 5.41) is 17.8. The number of halogens is 1. The number of rotatable bonds is 5. The molecule has 0 fully saturated rings. The van der Waals surface area contributed by atoms with Gasteiger partial charge in [0, 0.05) is 28.1 Å². The van der Waals surface area contributed by atoms with E-state index in [1.54, 1.807) is 39.5 Å². The van der Waals surface area contributed by atoms with Crippen molar-refractivity contribution in [2.75, 3.05) is 21.3 Å². The second-order valence-corrected chi connectivity index (χ2v) is 8.21. The second kappa shape index (κ2) is 8.41. The minimum absolute atomic E-state index is 0.0765. The summed E-state index contributed by atoms with van der Waals surface area (Å²) in [7, 11) is 4.72. The molecule has 0 aromatic heterocycles. The number of para-hydroxylation sites is 1. The number of nitrogens with zero attached hydrogens (tertiary/aromatic N) is 2. The molecule has 2 heterocycles. The Balaban J connectivity index is 1.64. The lowest BCUT2D eigenvalue weighted by atomic mass is 9.95. The van der Waals surface area contributed by atoms with E-state index in [9.17, 15) is 5.11 Å². The summed E-state index contributed by atoms with van der Waals surface area (Å²) >= 11 is 6.21. The van der Waals surface area contributed by atoms with Gasteiger partial charge in [-0.1, -0.05) is 29.8 Å². The molecule has 170 valence electrons. The van der Waals surface area contributed by atoms with Gasteiger partial charge in [0.2, 0.25) is 12.0 Å². The number of hydrogen-bond donors (Lipinski definition) is 1. The average Bonchev–Trinajstić information content (AvgIpc) is 3.29. The maximum atomic E-state index is 10.5. The third-order valence-corrected chi connectivity index (χ3v) is 6.18. The van der Waals surface area contributed by atoms with Gasteiger partial charge in [-0.2, -0.15) is 5.10 Å². The van der Waals surface area contributed by atoms with Gasteiger partial charge in [-0.25, -0.2) is 5.01 Å². The first-order valence-electron chi connectivity index (χ1n) is 10.4. The number of ether oxygens (including phenoxy) is 4. The van der Waals surface area contributed by atoms with E-state index in [1.807, 2.05) is 41.4 Å². The predicted octanol–water partition coefficient (Wildman–Crippen LogP) is 5.31. The Morgan fingerprint density at radius 3 is 2.42 bits per heavy atom. The molecular weight excluding hydrogens is 444 g/mol. The topological polar surface area (TPSA) is 72.8 Å². The molecule has 0 saturated heterocycles. The summed E-state index contributed by atoms with van der Waals surface area (Å²) in [5.41, 5.74) is 3.17. The summed E-state index contributed by atoms with van der Waals surface area (Å²) in [6.45, 7) is 0. The van der Waals surface area contributed by atoms with Crippen LogP contribution in [0.15, 0.2) is 59.7 Å². The van der Waals surface area contributed by atoms with Gasteiger partial charge >= 0.3 is 0 Å². The van der Waals surface area contributed by atoms with Crippen LogP contribution in [0.1, 0.15) is 35.4 Å². The van der Waals surface area contributed by atoms with Crippen molar-refractivity contribution in [3.8, 4) is 28.7 Å². The van der Waals surface area contributed by atoms with Crippen molar-refractivity contribution in [3.05, 3.63) is 76.3 Å². The minimum Gasteiger partial charge on any atom is -0.507 e. The Kier molecular flexibility index (Phi) is 5.42. The summed E-state index contributed by atoms with van der Waals surface area (Å²) in [5.74, 6) is 2.48. The van der Waals surface area contributed by atoms with E-state index >= 15 is 0 Å². The third-order valence-electron chi connectivity index (χ3n) is 5.94. The van der Waals surface area contributed by atoms with Crippen LogP contribution in [0, 0.1) is 0 Å². The van der Waals surface area contributed by atoms with Gasteiger partial charge in [0.25, 0.3) is 0 Å². The fourth-order valence-electron chi connectivity index (χ4n) is 4.40. The van der Waals surface area contributed by atoms with Gasteiger partial charge < -0.3 is 24.1 Å². The summed E-state index contributed by atoms with van der Waals surface area (Å²) in [4.78, 5) is 0. The minimum atomic E-state index is -0.544. The first-order chi connectivity index (χ1) is 16.0. The fourth-order valence-corrected chi connectivity index (χ4v) is 4.57. The quantitative estimate of drug-likeness (QED) is 0.549. The van der Waals surface area contributed by atoms with Gasteiger partial charge in [-0.05, 0) is 36.4 Å². The van der Waals surface area contributed by atoms with E-state index < -0.39 is 6.23 Å². The van der Waals surface area contributed by atoms with Crippen molar-refractivity contribution in [1.82, 2.24) is 5.01 Å². The average molecular weight is 467 g/mol. The van der Waals surface area contributed by atoms with E-state index in [1.165, 1.54) is 0 Å². The standard InChI is InChI=1S/C25H23ClN2O5/c1-30-22-10-14(11-23(31-2)24(22)32-3)25-28-19(16-6-4-5-7-21(16)33-25)13-18(27-28)17-12-15(26)8-9-20(17)29/h4-12,19,25,29H,13H2,1-3H3/t19-,25+/m0/s1. The van der Waals surface area contributed by atoms with Crippen LogP contribution in [0.5, 0.6) is 28.7 Å². The molecular formula is C25H23ClN2O5. The Hall–Kier alpha value is -3.58. The Morgan fingerprint density at radius 2 is 1.73 bits per heavy atom. The van der Waals surface area contributed by atoms with E-state index in [2.05, 4.69) is 0 Å². The van der Waals surface area contributed by atoms with Crippen molar-refractivity contribution in [3.63, 3.8) is 0 Å². The van der Waals surface area contributed by atoms with E-state index in [4.69, 9.17) is 35.6 Å². The number of aromatic hydroxyl groups is 1. The Bertz CT molecular complexity index is 1220. The monoisotopic (exact) mass is 466 g/mol. The number of phenolic OH excluding ortho intramolecular Hbond substituents is 1. The lowest BCUT2D eigenvalue weighted by molar-refractivity contribution is -0.0192. The number of benzene rings is 3. The largest absolute Gasteiger partial charge is 0.507 e. The highest BCUT2D eigenvalue weighted by atomic mass is 35.5. The van der Waals surface area contributed by atoms with Crippen molar-refractivity contribution in [1.29, 1.82) is 0 Å². The first kappa shape index (κ1) is 21.3. The maximum Gasteiger partial charge on any atom is 0.214 e. The first-order valence-corrected chi connectivity index (χ1v) is 10.8. The summed E-state index contributed by atoms with van der Waals surface area (Å²) < 4.78 is 23.0. The SMILES string of the molecule is COc1cc([C@H]2Oc3ccccc3[C@@H]3CC(c4cc(Cl)ccc4O)=NN23)cc(OC)c1OC. The molecule has 2 atom stereocenters. The number of fused-ring (bicyclic) bond motifs is 3. The summed E-state index contributed by atoms with van der Waals surface area (Å²) in [6, 6.07) is 16.5. The molecule has 3 aromatic carbocycles. The number of hydrogen-bond acceptors (Lipinski definition) is 7. The third kappa shape index (κ3) is 3.58. The van der Waals surface area contributed by atoms with Crippen LogP contribution < -0.4 is 18.9 Å².